The lowest BCUT2D eigenvalue weighted by Crippen LogP contribution is -2.35. The molecule has 0 aromatic rings. The molecule has 0 bridgehead atoms. The summed E-state index contributed by atoms with van der Waals surface area (Å²) in [6.07, 6.45) is 0.374. The van der Waals surface area contributed by atoms with Crippen molar-refractivity contribution in [3.63, 3.8) is 0 Å². The van der Waals surface area contributed by atoms with Gasteiger partial charge in [0.15, 0.2) is 0 Å². The fourth-order valence-corrected chi connectivity index (χ4v) is 0.968. The Morgan fingerprint density at radius 3 is 2.60 bits per heavy atom. The molecule has 0 unspecified atom stereocenters. The molecular formula is C10H21NO4. The van der Waals surface area contributed by atoms with E-state index < -0.39 is 6.09 Å². The van der Waals surface area contributed by atoms with Crippen molar-refractivity contribution in [3.05, 3.63) is 0 Å². The second-order valence-electron chi connectivity index (χ2n) is 4.12. The van der Waals surface area contributed by atoms with Crippen molar-refractivity contribution in [2.24, 2.45) is 5.41 Å². The number of methoxy groups -OCH3 is 1. The van der Waals surface area contributed by atoms with Crippen molar-refractivity contribution >= 4 is 6.09 Å². The molecule has 2 N–H and O–H groups in total. The monoisotopic (exact) mass is 219 g/mol. The van der Waals surface area contributed by atoms with Gasteiger partial charge in [0.05, 0.1) is 6.61 Å². The number of ether oxygens (including phenoxy) is 2. The zero-order chi connectivity index (χ0) is 11.7. The van der Waals surface area contributed by atoms with Crippen LogP contribution < -0.4 is 5.32 Å². The lowest BCUT2D eigenvalue weighted by molar-refractivity contribution is 0.111. The van der Waals surface area contributed by atoms with E-state index in [1.807, 2.05) is 13.8 Å². The summed E-state index contributed by atoms with van der Waals surface area (Å²) in [6, 6.07) is 0. The molecule has 0 saturated carbocycles. The van der Waals surface area contributed by atoms with Crippen LogP contribution >= 0.6 is 0 Å². The zero-order valence-electron chi connectivity index (χ0n) is 9.71. The van der Waals surface area contributed by atoms with E-state index in [4.69, 9.17) is 9.84 Å². The molecule has 0 aliphatic rings. The van der Waals surface area contributed by atoms with Gasteiger partial charge in [-0.3, -0.25) is 0 Å². The first kappa shape index (κ1) is 14.2. The highest BCUT2D eigenvalue weighted by Gasteiger charge is 2.18. The van der Waals surface area contributed by atoms with Crippen molar-refractivity contribution in [2.75, 3.05) is 33.5 Å². The highest BCUT2D eigenvalue weighted by atomic mass is 16.6. The van der Waals surface area contributed by atoms with Crippen molar-refractivity contribution in [1.82, 2.24) is 5.32 Å². The topological polar surface area (TPSA) is 67.8 Å². The first-order valence-electron chi connectivity index (χ1n) is 5.02. The fraction of sp³-hybridized carbons (Fsp3) is 0.900. The molecule has 0 aliphatic carbocycles. The van der Waals surface area contributed by atoms with Gasteiger partial charge in [0, 0.05) is 20.3 Å². The number of rotatable bonds is 7. The van der Waals surface area contributed by atoms with Crippen LogP contribution in [0.2, 0.25) is 0 Å². The fourth-order valence-electron chi connectivity index (χ4n) is 0.968. The van der Waals surface area contributed by atoms with Gasteiger partial charge in [-0.25, -0.2) is 4.79 Å². The molecule has 0 heterocycles. The molecule has 0 atom stereocenters. The molecule has 0 radical (unpaired) electrons. The van der Waals surface area contributed by atoms with Crippen LogP contribution in [0.4, 0.5) is 4.79 Å². The highest BCUT2D eigenvalue weighted by Crippen LogP contribution is 2.18. The Hall–Kier alpha value is -0.810. The van der Waals surface area contributed by atoms with Crippen molar-refractivity contribution in [2.45, 2.75) is 20.3 Å². The molecule has 0 aromatic heterocycles. The van der Waals surface area contributed by atoms with E-state index >= 15 is 0 Å². The number of amides is 1. The molecule has 0 aliphatic heterocycles. The van der Waals surface area contributed by atoms with Gasteiger partial charge in [-0.05, 0) is 11.8 Å². The summed E-state index contributed by atoms with van der Waals surface area (Å²) in [5.41, 5.74) is -0.0196. The number of carbonyl (C=O) groups excluding carboxylic acids is 1. The van der Waals surface area contributed by atoms with E-state index in [1.165, 1.54) is 0 Å². The molecular weight excluding hydrogens is 198 g/mol. The Kier molecular flexibility index (Phi) is 7.07. The standard InChI is InChI=1S/C10H21NO4/c1-10(2,4-6-14-3)8-11-9(13)15-7-5-12/h12H,4-8H2,1-3H3,(H,11,13). The number of aliphatic hydroxyl groups is 1. The van der Waals surface area contributed by atoms with Crippen molar-refractivity contribution < 1.29 is 19.4 Å². The average Bonchev–Trinajstić information content (AvgIpc) is 2.21. The molecule has 5 nitrogen and oxygen atoms in total. The summed E-state index contributed by atoms with van der Waals surface area (Å²) in [7, 11) is 1.65. The normalized spacial score (nSPS) is 11.2. The molecule has 0 fully saturated rings. The quantitative estimate of drug-likeness (QED) is 0.663. The third kappa shape index (κ3) is 8.20. The Balaban J connectivity index is 3.67. The largest absolute Gasteiger partial charge is 0.447 e. The predicted octanol–water partition coefficient (Wildman–Crippen LogP) is 0.768. The molecule has 0 saturated heterocycles. The minimum Gasteiger partial charge on any atom is -0.447 e. The highest BCUT2D eigenvalue weighted by molar-refractivity contribution is 5.67. The number of hydrogen-bond acceptors (Lipinski definition) is 4. The van der Waals surface area contributed by atoms with Crippen LogP contribution in [0, 0.1) is 5.41 Å². The summed E-state index contributed by atoms with van der Waals surface area (Å²) in [5.74, 6) is 0. The molecule has 15 heavy (non-hydrogen) atoms. The molecule has 1 amide bonds. The Morgan fingerprint density at radius 1 is 1.40 bits per heavy atom. The molecule has 0 aromatic carbocycles. The molecule has 90 valence electrons. The maximum atomic E-state index is 11.0. The zero-order valence-corrected chi connectivity index (χ0v) is 9.71. The van der Waals surface area contributed by atoms with Gasteiger partial charge in [0.2, 0.25) is 0 Å². The Morgan fingerprint density at radius 2 is 2.07 bits per heavy atom. The smallest absolute Gasteiger partial charge is 0.407 e. The predicted molar refractivity (Wildman–Crippen MR) is 56.7 cm³/mol. The Labute approximate surface area is 90.8 Å². The van der Waals surface area contributed by atoms with E-state index in [-0.39, 0.29) is 18.6 Å². The lowest BCUT2D eigenvalue weighted by Gasteiger charge is -2.24. The lowest BCUT2D eigenvalue weighted by atomic mass is 9.90. The Bertz CT molecular complexity index is 182. The van der Waals surface area contributed by atoms with Crippen LogP contribution in [-0.4, -0.2) is 44.7 Å². The SMILES string of the molecule is COCCC(C)(C)CNC(=O)OCCO. The van der Waals surface area contributed by atoms with Gasteiger partial charge in [-0.1, -0.05) is 13.8 Å². The first-order valence-corrected chi connectivity index (χ1v) is 5.02. The van der Waals surface area contributed by atoms with E-state index in [0.29, 0.717) is 13.2 Å². The maximum Gasteiger partial charge on any atom is 0.407 e. The van der Waals surface area contributed by atoms with Gasteiger partial charge < -0.3 is 19.9 Å². The summed E-state index contributed by atoms with van der Waals surface area (Å²) in [5, 5.41) is 11.1. The van der Waals surface area contributed by atoms with E-state index in [2.05, 4.69) is 10.1 Å². The van der Waals surface area contributed by atoms with Gasteiger partial charge >= 0.3 is 6.09 Å². The number of aliphatic hydroxyl groups excluding tert-OH is 1. The third-order valence-corrected chi connectivity index (χ3v) is 2.02. The van der Waals surface area contributed by atoms with E-state index in [1.54, 1.807) is 7.11 Å². The maximum absolute atomic E-state index is 11.0. The molecule has 5 heteroatoms. The summed E-state index contributed by atoms with van der Waals surface area (Å²) in [4.78, 5) is 11.0. The van der Waals surface area contributed by atoms with Crippen molar-refractivity contribution in [3.8, 4) is 0 Å². The second-order valence-corrected chi connectivity index (χ2v) is 4.12. The number of nitrogens with one attached hydrogen (secondary N) is 1. The second kappa shape index (κ2) is 7.48. The summed E-state index contributed by atoms with van der Waals surface area (Å²) in [6.45, 7) is 5.16. The minimum absolute atomic E-state index is 0.0196. The molecule has 0 rings (SSSR count). The molecule has 0 spiro atoms. The van der Waals surface area contributed by atoms with Crippen LogP contribution in [0.25, 0.3) is 0 Å². The van der Waals surface area contributed by atoms with E-state index in [0.717, 1.165) is 6.42 Å². The van der Waals surface area contributed by atoms with Gasteiger partial charge in [-0.2, -0.15) is 0 Å². The van der Waals surface area contributed by atoms with Gasteiger partial charge in [0.1, 0.15) is 6.61 Å². The van der Waals surface area contributed by atoms with Crippen LogP contribution in [0.1, 0.15) is 20.3 Å². The summed E-state index contributed by atoms with van der Waals surface area (Å²) < 4.78 is 9.63. The van der Waals surface area contributed by atoms with Crippen molar-refractivity contribution in [1.29, 1.82) is 0 Å². The number of alkyl carbamates (subject to hydrolysis) is 1. The van der Waals surface area contributed by atoms with E-state index in [9.17, 15) is 4.79 Å². The first-order chi connectivity index (χ1) is 7.02. The summed E-state index contributed by atoms with van der Waals surface area (Å²) >= 11 is 0. The number of hydrogen-bond donors (Lipinski definition) is 2. The van der Waals surface area contributed by atoms with Gasteiger partial charge in [0.25, 0.3) is 0 Å². The van der Waals surface area contributed by atoms with Crippen LogP contribution in [-0.2, 0) is 9.47 Å². The van der Waals surface area contributed by atoms with Gasteiger partial charge in [-0.15, -0.1) is 0 Å². The van der Waals surface area contributed by atoms with Crippen LogP contribution in [0.15, 0.2) is 0 Å². The van der Waals surface area contributed by atoms with Crippen LogP contribution in [0.3, 0.4) is 0 Å². The average molecular weight is 219 g/mol. The minimum atomic E-state index is -0.491. The van der Waals surface area contributed by atoms with Crippen LogP contribution in [0.5, 0.6) is 0 Å². The third-order valence-electron chi connectivity index (χ3n) is 2.02. The number of carbonyl (C=O) groups is 1.